The van der Waals surface area contributed by atoms with Gasteiger partial charge in [0.05, 0.1) is 0 Å². The molecule has 0 aromatic heterocycles. The monoisotopic (exact) mass is 257 g/mol. The van der Waals surface area contributed by atoms with Gasteiger partial charge >= 0.3 is 0 Å². The van der Waals surface area contributed by atoms with Gasteiger partial charge in [-0.25, -0.2) is 0 Å². The zero-order valence-corrected chi connectivity index (χ0v) is 12.4. The molecule has 0 heterocycles. The summed E-state index contributed by atoms with van der Waals surface area (Å²) in [5, 5.41) is 3.64. The highest BCUT2D eigenvalue weighted by molar-refractivity contribution is 4.75. The summed E-state index contributed by atoms with van der Waals surface area (Å²) in [5.41, 5.74) is 0. The van der Waals surface area contributed by atoms with E-state index in [2.05, 4.69) is 12.2 Å². The van der Waals surface area contributed by atoms with Gasteiger partial charge in [-0.05, 0) is 39.5 Å². The van der Waals surface area contributed by atoms with Crippen LogP contribution in [-0.4, -0.2) is 32.1 Å². The van der Waals surface area contributed by atoms with Crippen LogP contribution >= 0.6 is 0 Å². The highest BCUT2D eigenvalue weighted by Crippen LogP contribution is 2.26. The van der Waals surface area contributed by atoms with E-state index in [9.17, 15) is 0 Å². The maximum absolute atomic E-state index is 5.55. The zero-order valence-electron chi connectivity index (χ0n) is 12.4. The number of hydrogen-bond acceptors (Lipinski definition) is 3. The largest absolute Gasteiger partial charge is 0.353 e. The van der Waals surface area contributed by atoms with Crippen molar-refractivity contribution < 1.29 is 9.47 Å². The quantitative estimate of drug-likeness (QED) is 0.643. The molecule has 3 heteroatoms. The Bertz CT molecular complexity index is 187. The Labute approximate surface area is 113 Å². The molecule has 1 unspecified atom stereocenters. The van der Waals surface area contributed by atoms with E-state index >= 15 is 0 Å². The Morgan fingerprint density at radius 3 is 2.22 bits per heavy atom. The SMILES string of the molecule is CCOC(CCNC(C)C1CCCCC1)OCC. The molecule has 1 atom stereocenters. The summed E-state index contributed by atoms with van der Waals surface area (Å²) in [7, 11) is 0. The second-order valence-electron chi connectivity index (χ2n) is 5.27. The first kappa shape index (κ1) is 15.9. The molecule has 0 radical (unpaired) electrons. The molecular weight excluding hydrogens is 226 g/mol. The Morgan fingerprint density at radius 2 is 1.67 bits per heavy atom. The molecule has 1 aliphatic carbocycles. The minimum absolute atomic E-state index is 0.0361. The smallest absolute Gasteiger partial charge is 0.158 e. The molecule has 1 N–H and O–H groups in total. The molecule has 0 amide bonds. The van der Waals surface area contributed by atoms with Crippen molar-refractivity contribution in [2.45, 2.75) is 71.6 Å². The van der Waals surface area contributed by atoms with Gasteiger partial charge in [0.15, 0.2) is 6.29 Å². The molecule has 18 heavy (non-hydrogen) atoms. The molecule has 0 spiro atoms. The van der Waals surface area contributed by atoms with Gasteiger partial charge in [0, 0.05) is 32.2 Å². The fourth-order valence-corrected chi connectivity index (χ4v) is 2.82. The Kier molecular flexibility index (Phi) is 8.64. The molecule has 1 fully saturated rings. The summed E-state index contributed by atoms with van der Waals surface area (Å²) in [6.07, 6.45) is 7.96. The van der Waals surface area contributed by atoms with E-state index < -0.39 is 0 Å². The first-order valence-electron chi connectivity index (χ1n) is 7.74. The maximum Gasteiger partial charge on any atom is 0.158 e. The van der Waals surface area contributed by atoms with Gasteiger partial charge in [0.2, 0.25) is 0 Å². The van der Waals surface area contributed by atoms with Crippen molar-refractivity contribution in [1.29, 1.82) is 0 Å². The van der Waals surface area contributed by atoms with Crippen LogP contribution in [0.15, 0.2) is 0 Å². The molecule has 1 aliphatic rings. The second-order valence-corrected chi connectivity index (χ2v) is 5.27. The van der Waals surface area contributed by atoms with Crippen molar-refractivity contribution in [3.8, 4) is 0 Å². The van der Waals surface area contributed by atoms with Crippen LogP contribution in [-0.2, 0) is 9.47 Å². The highest BCUT2D eigenvalue weighted by Gasteiger charge is 2.19. The van der Waals surface area contributed by atoms with E-state index in [1.807, 2.05) is 13.8 Å². The predicted octanol–water partition coefficient (Wildman–Crippen LogP) is 3.33. The lowest BCUT2D eigenvalue weighted by Gasteiger charge is -2.29. The molecule has 0 bridgehead atoms. The zero-order chi connectivity index (χ0) is 13.2. The van der Waals surface area contributed by atoms with Crippen LogP contribution in [0.2, 0.25) is 0 Å². The molecule has 0 aliphatic heterocycles. The minimum atomic E-state index is -0.0361. The van der Waals surface area contributed by atoms with Gasteiger partial charge in [-0.1, -0.05) is 19.3 Å². The van der Waals surface area contributed by atoms with Crippen molar-refractivity contribution in [3.63, 3.8) is 0 Å². The van der Waals surface area contributed by atoms with E-state index in [4.69, 9.17) is 9.47 Å². The van der Waals surface area contributed by atoms with Crippen LogP contribution in [0.25, 0.3) is 0 Å². The van der Waals surface area contributed by atoms with Crippen LogP contribution in [0.3, 0.4) is 0 Å². The van der Waals surface area contributed by atoms with Crippen molar-refractivity contribution >= 4 is 0 Å². The molecule has 0 aromatic carbocycles. The summed E-state index contributed by atoms with van der Waals surface area (Å²) >= 11 is 0. The van der Waals surface area contributed by atoms with Crippen LogP contribution < -0.4 is 5.32 Å². The molecule has 0 saturated heterocycles. The van der Waals surface area contributed by atoms with Gasteiger partial charge in [0.25, 0.3) is 0 Å². The number of nitrogens with one attached hydrogen (secondary N) is 1. The van der Waals surface area contributed by atoms with Crippen LogP contribution in [0, 0.1) is 5.92 Å². The third-order valence-electron chi connectivity index (χ3n) is 3.91. The molecule has 3 nitrogen and oxygen atoms in total. The average Bonchev–Trinajstić information content (AvgIpc) is 2.40. The first-order chi connectivity index (χ1) is 8.77. The number of rotatable bonds is 9. The topological polar surface area (TPSA) is 30.5 Å². The minimum Gasteiger partial charge on any atom is -0.353 e. The molecule has 1 rings (SSSR count). The fraction of sp³-hybridized carbons (Fsp3) is 1.00. The lowest BCUT2D eigenvalue weighted by Crippen LogP contribution is -2.36. The van der Waals surface area contributed by atoms with Crippen LogP contribution in [0.4, 0.5) is 0 Å². The average molecular weight is 257 g/mol. The van der Waals surface area contributed by atoms with Crippen molar-refractivity contribution in [3.05, 3.63) is 0 Å². The van der Waals surface area contributed by atoms with E-state index in [0.717, 1.165) is 32.1 Å². The highest BCUT2D eigenvalue weighted by atomic mass is 16.7. The van der Waals surface area contributed by atoms with Crippen LogP contribution in [0.1, 0.15) is 59.3 Å². The van der Waals surface area contributed by atoms with Gasteiger partial charge < -0.3 is 14.8 Å². The lowest BCUT2D eigenvalue weighted by atomic mass is 9.84. The maximum atomic E-state index is 5.55. The molecule has 108 valence electrons. The molecular formula is C15H31NO2. The van der Waals surface area contributed by atoms with Crippen LogP contribution in [0.5, 0.6) is 0 Å². The third-order valence-corrected chi connectivity index (χ3v) is 3.91. The Morgan fingerprint density at radius 1 is 1.06 bits per heavy atom. The predicted molar refractivity (Wildman–Crippen MR) is 75.7 cm³/mol. The second kappa shape index (κ2) is 9.76. The van der Waals surface area contributed by atoms with Gasteiger partial charge in [0.1, 0.15) is 0 Å². The normalized spacial score (nSPS) is 19.3. The molecule has 1 saturated carbocycles. The summed E-state index contributed by atoms with van der Waals surface area (Å²) in [6.45, 7) is 8.80. The van der Waals surface area contributed by atoms with Gasteiger partial charge in [-0.3, -0.25) is 0 Å². The Hall–Kier alpha value is -0.120. The number of ether oxygens (including phenoxy) is 2. The Balaban J connectivity index is 2.14. The van der Waals surface area contributed by atoms with Crippen molar-refractivity contribution in [2.24, 2.45) is 5.92 Å². The van der Waals surface area contributed by atoms with Crippen molar-refractivity contribution in [2.75, 3.05) is 19.8 Å². The van der Waals surface area contributed by atoms with E-state index in [1.54, 1.807) is 0 Å². The summed E-state index contributed by atoms with van der Waals surface area (Å²) in [4.78, 5) is 0. The summed E-state index contributed by atoms with van der Waals surface area (Å²) < 4.78 is 11.1. The standard InChI is InChI=1S/C15H31NO2/c1-4-17-15(18-5-2)11-12-16-13(3)14-9-7-6-8-10-14/h13-16H,4-12H2,1-3H3. The van der Waals surface area contributed by atoms with Gasteiger partial charge in [-0.15, -0.1) is 0 Å². The number of hydrogen-bond donors (Lipinski definition) is 1. The van der Waals surface area contributed by atoms with Gasteiger partial charge in [-0.2, -0.15) is 0 Å². The van der Waals surface area contributed by atoms with Crippen molar-refractivity contribution in [1.82, 2.24) is 5.32 Å². The first-order valence-corrected chi connectivity index (χ1v) is 7.74. The van der Waals surface area contributed by atoms with E-state index in [0.29, 0.717) is 6.04 Å². The van der Waals surface area contributed by atoms with E-state index in [-0.39, 0.29) is 6.29 Å². The fourth-order valence-electron chi connectivity index (χ4n) is 2.82. The third kappa shape index (κ3) is 6.17. The molecule has 0 aromatic rings. The lowest BCUT2D eigenvalue weighted by molar-refractivity contribution is -0.138. The summed E-state index contributed by atoms with van der Waals surface area (Å²) in [5.74, 6) is 0.872. The van der Waals surface area contributed by atoms with E-state index in [1.165, 1.54) is 32.1 Å². The summed E-state index contributed by atoms with van der Waals surface area (Å²) in [6, 6.07) is 0.634.